The van der Waals surface area contributed by atoms with Crippen molar-refractivity contribution in [2.45, 2.75) is 25.9 Å². The van der Waals surface area contributed by atoms with Crippen LogP contribution in [0.2, 0.25) is 0 Å². The van der Waals surface area contributed by atoms with E-state index in [9.17, 15) is 9.90 Å². The van der Waals surface area contributed by atoms with Gasteiger partial charge in [0.05, 0.1) is 12.6 Å². The fourth-order valence-electron chi connectivity index (χ4n) is 2.72. The molecule has 5 nitrogen and oxygen atoms in total. The van der Waals surface area contributed by atoms with Gasteiger partial charge in [-0.15, -0.1) is 6.58 Å². The number of rotatable bonds is 8. The molecular weight excluding hydrogens is 254 g/mol. The molecule has 1 aliphatic heterocycles. The lowest BCUT2D eigenvalue weighted by Crippen LogP contribution is -2.42. The molecule has 0 aromatic heterocycles. The summed E-state index contributed by atoms with van der Waals surface area (Å²) >= 11 is 0. The smallest absolute Gasteiger partial charge is 0.234 e. The Morgan fingerprint density at radius 3 is 2.75 bits per heavy atom. The second-order valence-electron chi connectivity index (χ2n) is 5.88. The highest BCUT2D eigenvalue weighted by Gasteiger charge is 2.21. The Labute approximate surface area is 122 Å². The average molecular weight is 283 g/mol. The van der Waals surface area contributed by atoms with Crippen molar-refractivity contribution >= 4 is 5.91 Å². The molecule has 0 bridgehead atoms. The SMILES string of the molecule is C=CCNC(=O)CN(C)CC1CCN(C[C@H](C)O)CC1. The van der Waals surface area contributed by atoms with E-state index in [0.29, 0.717) is 19.0 Å². The quantitative estimate of drug-likeness (QED) is 0.630. The number of carbonyl (C=O) groups is 1. The van der Waals surface area contributed by atoms with Crippen molar-refractivity contribution in [3.05, 3.63) is 12.7 Å². The van der Waals surface area contributed by atoms with Crippen LogP contribution in [0, 0.1) is 5.92 Å². The van der Waals surface area contributed by atoms with Crippen LogP contribution in [-0.2, 0) is 4.79 Å². The second-order valence-corrected chi connectivity index (χ2v) is 5.88. The molecule has 0 radical (unpaired) electrons. The van der Waals surface area contributed by atoms with Gasteiger partial charge in [-0.1, -0.05) is 6.08 Å². The van der Waals surface area contributed by atoms with Gasteiger partial charge in [0.1, 0.15) is 0 Å². The molecule has 0 unspecified atom stereocenters. The summed E-state index contributed by atoms with van der Waals surface area (Å²) in [6.45, 7) is 10.2. The maximum Gasteiger partial charge on any atom is 0.234 e. The average Bonchev–Trinajstić information content (AvgIpc) is 2.38. The number of likely N-dealkylation sites (tertiary alicyclic amines) is 1. The molecule has 1 rings (SSSR count). The van der Waals surface area contributed by atoms with Crippen molar-refractivity contribution in [3.8, 4) is 0 Å². The zero-order chi connectivity index (χ0) is 15.0. The highest BCUT2D eigenvalue weighted by Crippen LogP contribution is 2.18. The number of nitrogens with one attached hydrogen (secondary N) is 1. The molecule has 116 valence electrons. The summed E-state index contributed by atoms with van der Waals surface area (Å²) in [7, 11) is 2.00. The predicted octanol–water partition coefficient (Wildman–Crippen LogP) is 0.313. The third kappa shape index (κ3) is 7.03. The number of hydrogen-bond acceptors (Lipinski definition) is 4. The van der Waals surface area contributed by atoms with Gasteiger partial charge in [-0.25, -0.2) is 0 Å². The number of piperidine rings is 1. The van der Waals surface area contributed by atoms with Gasteiger partial charge in [0.15, 0.2) is 0 Å². The summed E-state index contributed by atoms with van der Waals surface area (Å²) in [6, 6.07) is 0. The van der Waals surface area contributed by atoms with Crippen LogP contribution >= 0.6 is 0 Å². The van der Waals surface area contributed by atoms with Gasteiger partial charge in [-0.05, 0) is 45.8 Å². The van der Waals surface area contributed by atoms with E-state index in [1.54, 1.807) is 6.08 Å². The monoisotopic (exact) mass is 283 g/mol. The number of aliphatic hydroxyl groups is 1. The van der Waals surface area contributed by atoms with Crippen molar-refractivity contribution in [1.29, 1.82) is 0 Å². The van der Waals surface area contributed by atoms with E-state index < -0.39 is 0 Å². The van der Waals surface area contributed by atoms with E-state index in [2.05, 4.69) is 21.7 Å². The fraction of sp³-hybridized carbons (Fsp3) is 0.800. The summed E-state index contributed by atoms with van der Waals surface area (Å²) in [4.78, 5) is 16.0. The Morgan fingerprint density at radius 1 is 1.55 bits per heavy atom. The standard InChI is InChI=1S/C15H29N3O2/c1-4-7-16-15(20)12-17(3)11-14-5-8-18(9-6-14)10-13(2)19/h4,13-14,19H,1,5-12H2,2-3H3,(H,16,20)/t13-/m0/s1. The van der Waals surface area contributed by atoms with E-state index >= 15 is 0 Å². The van der Waals surface area contributed by atoms with E-state index in [1.807, 2.05) is 14.0 Å². The maximum absolute atomic E-state index is 11.6. The number of likely N-dealkylation sites (N-methyl/N-ethyl adjacent to an activating group) is 1. The molecule has 0 aromatic rings. The van der Waals surface area contributed by atoms with Crippen molar-refractivity contribution < 1.29 is 9.90 Å². The first kappa shape index (κ1) is 17.1. The second kappa shape index (κ2) is 9.10. The summed E-state index contributed by atoms with van der Waals surface area (Å²) in [5.41, 5.74) is 0. The number of β-amino-alcohol motifs (C(OH)–C–C–N with tert-alkyl or cyclic N) is 1. The zero-order valence-electron chi connectivity index (χ0n) is 12.8. The van der Waals surface area contributed by atoms with E-state index in [1.165, 1.54) is 0 Å². The third-order valence-electron chi connectivity index (χ3n) is 3.66. The van der Waals surface area contributed by atoms with Gasteiger partial charge >= 0.3 is 0 Å². The highest BCUT2D eigenvalue weighted by molar-refractivity contribution is 5.78. The molecule has 1 aliphatic rings. The molecule has 5 heteroatoms. The van der Waals surface area contributed by atoms with Crippen molar-refractivity contribution in [3.63, 3.8) is 0 Å². The molecule has 0 spiro atoms. The van der Waals surface area contributed by atoms with Crippen molar-refractivity contribution in [2.24, 2.45) is 5.92 Å². The summed E-state index contributed by atoms with van der Waals surface area (Å²) in [5.74, 6) is 0.705. The number of hydrogen-bond donors (Lipinski definition) is 2. The van der Waals surface area contributed by atoms with Crippen LogP contribution in [-0.4, -0.2) is 73.2 Å². The molecular formula is C15H29N3O2. The lowest BCUT2D eigenvalue weighted by atomic mass is 9.96. The minimum Gasteiger partial charge on any atom is -0.392 e. The third-order valence-corrected chi connectivity index (χ3v) is 3.66. The van der Waals surface area contributed by atoms with Crippen LogP contribution in [0.15, 0.2) is 12.7 Å². The van der Waals surface area contributed by atoms with Gasteiger partial charge in [0, 0.05) is 19.6 Å². The first-order valence-corrected chi connectivity index (χ1v) is 7.47. The lowest BCUT2D eigenvalue weighted by molar-refractivity contribution is -0.121. The fourth-order valence-corrected chi connectivity index (χ4v) is 2.72. The van der Waals surface area contributed by atoms with Gasteiger partial charge in [0.2, 0.25) is 5.91 Å². The Bertz CT molecular complexity index is 299. The molecule has 1 fully saturated rings. The first-order valence-electron chi connectivity index (χ1n) is 7.47. The van der Waals surface area contributed by atoms with Crippen molar-refractivity contribution in [1.82, 2.24) is 15.1 Å². The topological polar surface area (TPSA) is 55.8 Å². The molecule has 0 aromatic carbocycles. The van der Waals surface area contributed by atoms with Gasteiger partial charge in [-0.3, -0.25) is 9.69 Å². The first-order chi connectivity index (χ1) is 9.51. The highest BCUT2D eigenvalue weighted by atomic mass is 16.3. The van der Waals surface area contributed by atoms with Gasteiger partial charge in [-0.2, -0.15) is 0 Å². The largest absolute Gasteiger partial charge is 0.392 e. The van der Waals surface area contributed by atoms with E-state index in [-0.39, 0.29) is 12.0 Å². The summed E-state index contributed by atoms with van der Waals surface area (Å²) in [6.07, 6.45) is 3.73. The van der Waals surface area contributed by atoms with E-state index in [4.69, 9.17) is 0 Å². The molecule has 20 heavy (non-hydrogen) atoms. The number of aliphatic hydroxyl groups excluding tert-OH is 1. The summed E-state index contributed by atoms with van der Waals surface area (Å²) < 4.78 is 0. The molecule has 2 N–H and O–H groups in total. The molecule has 1 heterocycles. The van der Waals surface area contributed by atoms with E-state index in [0.717, 1.165) is 39.0 Å². The van der Waals surface area contributed by atoms with Crippen LogP contribution in [0.25, 0.3) is 0 Å². The normalized spacial score (nSPS) is 19.0. The zero-order valence-corrected chi connectivity index (χ0v) is 12.8. The van der Waals surface area contributed by atoms with Crippen LogP contribution in [0.3, 0.4) is 0 Å². The maximum atomic E-state index is 11.6. The molecule has 0 saturated carbocycles. The minimum absolute atomic E-state index is 0.0546. The van der Waals surface area contributed by atoms with Crippen molar-refractivity contribution in [2.75, 3.05) is 46.3 Å². The Hall–Kier alpha value is -0.910. The molecule has 1 amide bonds. The van der Waals surface area contributed by atoms with Crippen LogP contribution in [0.4, 0.5) is 0 Å². The number of amides is 1. The number of carbonyl (C=O) groups excluding carboxylic acids is 1. The molecule has 1 saturated heterocycles. The van der Waals surface area contributed by atoms with Crippen LogP contribution < -0.4 is 5.32 Å². The minimum atomic E-state index is -0.247. The van der Waals surface area contributed by atoms with Crippen LogP contribution in [0.5, 0.6) is 0 Å². The Morgan fingerprint density at radius 2 is 2.20 bits per heavy atom. The predicted molar refractivity (Wildman–Crippen MR) is 81.5 cm³/mol. The van der Waals surface area contributed by atoms with Crippen LogP contribution in [0.1, 0.15) is 19.8 Å². The lowest BCUT2D eigenvalue weighted by Gasteiger charge is -2.34. The molecule has 0 aliphatic carbocycles. The molecule has 1 atom stereocenters. The van der Waals surface area contributed by atoms with Gasteiger partial charge < -0.3 is 15.3 Å². The Balaban J connectivity index is 2.19. The van der Waals surface area contributed by atoms with Gasteiger partial charge in [0.25, 0.3) is 0 Å². The Kier molecular flexibility index (Phi) is 7.80. The summed E-state index contributed by atoms with van der Waals surface area (Å²) in [5, 5.41) is 12.2. The number of nitrogens with zero attached hydrogens (tertiary/aromatic N) is 2.